The van der Waals surface area contributed by atoms with Gasteiger partial charge in [0.25, 0.3) is 5.69 Å². The van der Waals surface area contributed by atoms with E-state index < -0.39 is 17.0 Å². The highest BCUT2D eigenvalue weighted by atomic mass is 16.6. The van der Waals surface area contributed by atoms with Crippen LogP contribution in [0.25, 0.3) is 10.9 Å². The predicted octanol–water partition coefficient (Wildman–Crippen LogP) is 1.98. The fourth-order valence-corrected chi connectivity index (χ4v) is 4.39. The minimum Gasteiger partial charge on any atom is -0.371 e. The van der Waals surface area contributed by atoms with E-state index in [-0.39, 0.29) is 17.4 Å². The molecule has 2 atom stereocenters. The van der Waals surface area contributed by atoms with Crippen LogP contribution in [0.4, 0.5) is 10.5 Å². The number of rotatable bonds is 3. The number of nitro groups is 1. The summed E-state index contributed by atoms with van der Waals surface area (Å²) in [5.41, 5.74) is 5.26. The van der Waals surface area contributed by atoms with Gasteiger partial charge in [-0.3, -0.25) is 14.8 Å². The summed E-state index contributed by atoms with van der Waals surface area (Å²) in [6.07, 6.45) is 2.68. The Morgan fingerprint density at radius 2 is 1.93 bits per heavy atom. The monoisotopic (exact) mass is 373 g/mol. The van der Waals surface area contributed by atoms with Crippen molar-refractivity contribution in [3.63, 3.8) is 0 Å². The summed E-state index contributed by atoms with van der Waals surface area (Å²) < 4.78 is 6.16. The molecule has 10 heteroatoms. The number of benzene rings is 1. The second kappa shape index (κ2) is 6.31. The van der Waals surface area contributed by atoms with E-state index in [9.17, 15) is 19.7 Å². The maximum absolute atomic E-state index is 12.2. The van der Waals surface area contributed by atoms with Crippen LogP contribution >= 0.6 is 0 Å². The van der Waals surface area contributed by atoms with Crippen LogP contribution in [0.2, 0.25) is 0 Å². The van der Waals surface area contributed by atoms with Crippen LogP contribution in [0, 0.1) is 10.1 Å². The van der Waals surface area contributed by atoms with Crippen LogP contribution in [0.5, 0.6) is 0 Å². The minimum absolute atomic E-state index is 0.0123. The molecule has 1 aromatic heterocycles. The number of aromatic nitrogens is 2. The number of primary amides is 1. The molecular weight excluding hydrogens is 354 g/mol. The molecule has 2 unspecified atom stereocenters. The van der Waals surface area contributed by atoms with Gasteiger partial charge >= 0.3 is 12.1 Å². The maximum Gasteiger partial charge on any atom is 0.412 e. The number of fused-ring (bicyclic) bond motifs is 3. The summed E-state index contributed by atoms with van der Waals surface area (Å²) in [7, 11) is 2.11. The molecule has 2 aliphatic heterocycles. The van der Waals surface area contributed by atoms with E-state index in [1.165, 1.54) is 18.2 Å². The number of nitrogens with two attached hydrogens (primary N) is 1. The van der Waals surface area contributed by atoms with E-state index in [0.29, 0.717) is 23.0 Å². The molecule has 2 N–H and O–H groups in total. The molecule has 2 saturated heterocycles. The molecule has 0 aliphatic carbocycles. The van der Waals surface area contributed by atoms with Crippen molar-refractivity contribution in [2.24, 2.45) is 5.73 Å². The average Bonchev–Trinajstić information content (AvgIpc) is 3.06. The van der Waals surface area contributed by atoms with Crippen molar-refractivity contribution in [1.82, 2.24) is 14.7 Å². The summed E-state index contributed by atoms with van der Waals surface area (Å²) in [6.45, 7) is 0. The van der Waals surface area contributed by atoms with Crippen LogP contribution in [0.1, 0.15) is 42.2 Å². The second-order valence-electron chi connectivity index (χ2n) is 7.14. The zero-order chi connectivity index (χ0) is 19.3. The van der Waals surface area contributed by atoms with Gasteiger partial charge < -0.3 is 15.4 Å². The number of carbonyl (C=O) groups excluding carboxylic acids is 2. The first-order valence-electron chi connectivity index (χ1n) is 8.75. The van der Waals surface area contributed by atoms with Crippen molar-refractivity contribution in [3.8, 4) is 0 Å². The van der Waals surface area contributed by atoms with Crippen molar-refractivity contribution in [3.05, 3.63) is 34.0 Å². The smallest absolute Gasteiger partial charge is 0.371 e. The average molecular weight is 373 g/mol. The molecule has 142 valence electrons. The molecular formula is C17H19N5O5. The van der Waals surface area contributed by atoms with Gasteiger partial charge in [-0.1, -0.05) is 0 Å². The molecule has 2 aliphatic rings. The van der Waals surface area contributed by atoms with Gasteiger partial charge in [0, 0.05) is 29.6 Å². The zero-order valence-corrected chi connectivity index (χ0v) is 14.7. The van der Waals surface area contributed by atoms with Gasteiger partial charge in [-0.05, 0) is 38.8 Å². The third kappa shape index (κ3) is 2.91. The number of esters is 1. The van der Waals surface area contributed by atoms with Gasteiger partial charge in [0.05, 0.1) is 16.5 Å². The highest BCUT2D eigenvalue weighted by Crippen LogP contribution is 2.41. The Morgan fingerprint density at radius 1 is 1.26 bits per heavy atom. The highest BCUT2D eigenvalue weighted by Gasteiger charge is 2.40. The summed E-state index contributed by atoms with van der Waals surface area (Å²) in [6, 6.07) is 5.02. The molecule has 2 aromatic rings. The molecule has 1 amide bonds. The number of hydrogen-bond acceptors (Lipinski definition) is 7. The lowest BCUT2D eigenvalue weighted by Gasteiger charge is -2.36. The normalized spacial score (nSPS) is 24.9. The number of nitrogens with zero attached hydrogens (tertiary/aromatic N) is 4. The Kier molecular flexibility index (Phi) is 4.06. The van der Waals surface area contributed by atoms with Crippen LogP contribution < -0.4 is 5.73 Å². The summed E-state index contributed by atoms with van der Waals surface area (Å²) in [5.74, 6) is -0.962. The van der Waals surface area contributed by atoms with Gasteiger partial charge in [0.1, 0.15) is 0 Å². The Morgan fingerprint density at radius 3 is 2.52 bits per heavy atom. The summed E-state index contributed by atoms with van der Waals surface area (Å²) in [4.78, 5) is 36.3. The molecule has 0 saturated carbocycles. The van der Waals surface area contributed by atoms with E-state index in [1.54, 1.807) is 4.68 Å². The molecule has 4 rings (SSSR count). The van der Waals surface area contributed by atoms with Crippen molar-refractivity contribution < 1.29 is 19.2 Å². The third-order valence-corrected chi connectivity index (χ3v) is 5.71. The Labute approximate surface area is 154 Å². The molecule has 27 heavy (non-hydrogen) atoms. The van der Waals surface area contributed by atoms with Crippen molar-refractivity contribution in [1.29, 1.82) is 0 Å². The fraction of sp³-hybridized carbons (Fsp3) is 0.471. The van der Waals surface area contributed by atoms with Crippen molar-refractivity contribution >= 4 is 28.7 Å². The molecule has 0 radical (unpaired) electrons. The number of carbonyl (C=O) groups is 2. The quantitative estimate of drug-likeness (QED) is 0.376. The SMILES string of the molecule is CN1C2CCC1CC(n1nc(C(=O)OC(N)=O)c3ccc([N+](=O)[O-])cc31)C2. The fourth-order valence-electron chi connectivity index (χ4n) is 4.39. The highest BCUT2D eigenvalue weighted by molar-refractivity contribution is 6.05. The molecule has 2 fully saturated rings. The van der Waals surface area contributed by atoms with E-state index >= 15 is 0 Å². The molecule has 0 spiro atoms. The lowest BCUT2D eigenvalue weighted by atomic mass is 9.98. The largest absolute Gasteiger partial charge is 0.412 e. The lowest BCUT2D eigenvalue weighted by Crippen LogP contribution is -2.40. The predicted molar refractivity (Wildman–Crippen MR) is 94.2 cm³/mol. The third-order valence-electron chi connectivity index (χ3n) is 5.71. The molecule has 1 aromatic carbocycles. The number of piperidine rings is 1. The first-order chi connectivity index (χ1) is 12.8. The molecule has 3 heterocycles. The zero-order valence-electron chi connectivity index (χ0n) is 14.7. The van der Waals surface area contributed by atoms with Gasteiger partial charge in [-0.15, -0.1) is 0 Å². The van der Waals surface area contributed by atoms with Gasteiger partial charge in [-0.25, -0.2) is 9.59 Å². The molecule has 2 bridgehead atoms. The van der Waals surface area contributed by atoms with Crippen LogP contribution in [0.15, 0.2) is 18.2 Å². The Bertz CT molecular complexity index is 941. The topological polar surface area (TPSA) is 134 Å². The number of nitro benzene ring substituents is 1. The second-order valence-corrected chi connectivity index (χ2v) is 7.14. The maximum atomic E-state index is 12.2. The first-order valence-corrected chi connectivity index (χ1v) is 8.75. The van der Waals surface area contributed by atoms with Crippen LogP contribution in [-0.2, 0) is 4.74 Å². The van der Waals surface area contributed by atoms with Crippen molar-refractivity contribution in [2.75, 3.05) is 7.05 Å². The van der Waals surface area contributed by atoms with Crippen LogP contribution in [-0.4, -0.2) is 50.8 Å². The van der Waals surface area contributed by atoms with Crippen LogP contribution in [0.3, 0.4) is 0 Å². The lowest BCUT2D eigenvalue weighted by molar-refractivity contribution is -0.384. The first kappa shape index (κ1) is 17.4. The van der Waals surface area contributed by atoms with Gasteiger partial charge in [0.2, 0.25) is 0 Å². The van der Waals surface area contributed by atoms with E-state index in [2.05, 4.69) is 21.8 Å². The van der Waals surface area contributed by atoms with Gasteiger partial charge in [-0.2, -0.15) is 5.10 Å². The van der Waals surface area contributed by atoms with Gasteiger partial charge in [0.15, 0.2) is 5.69 Å². The van der Waals surface area contributed by atoms with E-state index in [0.717, 1.165) is 25.7 Å². The molecule has 10 nitrogen and oxygen atoms in total. The Balaban J connectivity index is 1.81. The Hall–Kier alpha value is -3.01. The summed E-state index contributed by atoms with van der Waals surface area (Å²) >= 11 is 0. The number of hydrogen-bond donors (Lipinski definition) is 1. The number of non-ortho nitro benzene ring substituents is 1. The minimum atomic E-state index is -1.22. The standard InChI is InChI=1S/C17H19N5O5/c1-20-9-2-3-10(20)7-12(6-9)21-14-8-11(22(25)26)4-5-13(14)15(19-21)16(23)27-17(18)24/h4-5,8-10,12H,2-3,6-7H2,1H3,(H2,18,24). The number of ether oxygens (including phenoxy) is 1. The van der Waals surface area contributed by atoms with Crippen molar-refractivity contribution in [2.45, 2.75) is 43.8 Å². The van der Waals surface area contributed by atoms with E-state index in [4.69, 9.17) is 5.73 Å². The summed E-state index contributed by atoms with van der Waals surface area (Å²) in [5, 5.41) is 16.0. The number of amides is 1. The van der Waals surface area contributed by atoms with E-state index in [1.807, 2.05) is 0 Å².